The number of hydrogen-bond donors (Lipinski definition) is 1. The SMILES string of the molecule is O=C(Nc1ccn(Cc2c(F)c(F)cc(F)c2F)n1)c1cccc(COc2ccccc2Br)c1. The van der Waals surface area contributed by atoms with Crippen molar-refractivity contribution >= 4 is 27.7 Å². The van der Waals surface area contributed by atoms with Crippen LogP contribution in [0.2, 0.25) is 0 Å². The van der Waals surface area contributed by atoms with Crippen LogP contribution in [0.4, 0.5) is 23.4 Å². The zero-order chi connectivity index (χ0) is 24.2. The number of carbonyl (C=O) groups is 1. The number of para-hydroxylation sites is 1. The molecule has 1 heterocycles. The number of halogens is 5. The molecule has 0 aliphatic carbocycles. The number of rotatable bonds is 7. The molecule has 0 aliphatic rings. The lowest BCUT2D eigenvalue weighted by molar-refractivity contribution is 0.102. The minimum atomic E-state index is -1.50. The number of anilines is 1. The molecule has 0 bridgehead atoms. The van der Waals surface area contributed by atoms with Crippen LogP contribution in [0.25, 0.3) is 0 Å². The summed E-state index contributed by atoms with van der Waals surface area (Å²) in [4.78, 5) is 12.6. The number of hydrogen-bond acceptors (Lipinski definition) is 3. The maximum absolute atomic E-state index is 13.9. The fraction of sp³-hybridized carbons (Fsp3) is 0.0833. The molecule has 4 rings (SSSR count). The summed E-state index contributed by atoms with van der Waals surface area (Å²) in [6.45, 7) is -0.330. The Labute approximate surface area is 200 Å². The van der Waals surface area contributed by atoms with Crippen molar-refractivity contribution in [2.24, 2.45) is 0 Å². The summed E-state index contributed by atoms with van der Waals surface area (Å²) in [5.74, 6) is -5.71. The van der Waals surface area contributed by atoms with E-state index in [0.29, 0.717) is 11.3 Å². The van der Waals surface area contributed by atoms with Gasteiger partial charge in [-0.2, -0.15) is 5.10 Å². The van der Waals surface area contributed by atoms with Crippen molar-refractivity contribution in [1.82, 2.24) is 9.78 Å². The first-order valence-electron chi connectivity index (χ1n) is 9.95. The number of ether oxygens (including phenoxy) is 1. The van der Waals surface area contributed by atoms with Crippen LogP contribution in [-0.2, 0) is 13.2 Å². The predicted molar refractivity (Wildman–Crippen MR) is 120 cm³/mol. The van der Waals surface area contributed by atoms with Gasteiger partial charge in [0.05, 0.1) is 16.6 Å². The summed E-state index contributed by atoms with van der Waals surface area (Å²) >= 11 is 3.41. The van der Waals surface area contributed by atoms with E-state index in [1.165, 1.54) is 12.3 Å². The highest BCUT2D eigenvalue weighted by molar-refractivity contribution is 9.10. The van der Waals surface area contributed by atoms with Gasteiger partial charge in [0, 0.05) is 23.9 Å². The zero-order valence-electron chi connectivity index (χ0n) is 17.4. The lowest BCUT2D eigenvalue weighted by Gasteiger charge is -2.09. The first kappa shape index (κ1) is 23.5. The fourth-order valence-electron chi connectivity index (χ4n) is 3.15. The third-order valence-corrected chi connectivity index (χ3v) is 5.48. The molecule has 0 atom stereocenters. The molecule has 0 fully saturated rings. The van der Waals surface area contributed by atoms with E-state index in [1.54, 1.807) is 18.2 Å². The summed E-state index contributed by atoms with van der Waals surface area (Å²) in [7, 11) is 0. The number of benzene rings is 3. The maximum atomic E-state index is 13.9. The highest BCUT2D eigenvalue weighted by Crippen LogP contribution is 2.25. The topological polar surface area (TPSA) is 56.2 Å². The third kappa shape index (κ3) is 5.28. The lowest BCUT2D eigenvalue weighted by atomic mass is 10.1. The van der Waals surface area contributed by atoms with Gasteiger partial charge in [0.1, 0.15) is 12.4 Å². The fourth-order valence-corrected chi connectivity index (χ4v) is 3.55. The second-order valence-corrected chi connectivity index (χ2v) is 8.07. The Balaban J connectivity index is 1.42. The van der Waals surface area contributed by atoms with E-state index in [4.69, 9.17) is 4.74 Å². The third-order valence-electron chi connectivity index (χ3n) is 4.83. The molecule has 0 aliphatic heterocycles. The minimum Gasteiger partial charge on any atom is -0.488 e. The molecule has 3 aromatic carbocycles. The summed E-state index contributed by atoms with van der Waals surface area (Å²) in [6, 6.07) is 15.7. The maximum Gasteiger partial charge on any atom is 0.256 e. The Kier molecular flexibility index (Phi) is 6.97. The van der Waals surface area contributed by atoms with Gasteiger partial charge < -0.3 is 10.1 Å². The largest absolute Gasteiger partial charge is 0.488 e. The average molecular weight is 534 g/mol. The second-order valence-electron chi connectivity index (χ2n) is 7.22. The summed E-state index contributed by atoms with van der Waals surface area (Å²) in [6.07, 6.45) is 1.32. The lowest BCUT2D eigenvalue weighted by Crippen LogP contribution is -2.14. The molecule has 0 radical (unpaired) electrons. The van der Waals surface area contributed by atoms with Crippen molar-refractivity contribution in [2.45, 2.75) is 13.2 Å². The minimum absolute atomic E-state index is 0.0950. The first-order chi connectivity index (χ1) is 16.3. The van der Waals surface area contributed by atoms with Gasteiger partial charge in [-0.25, -0.2) is 17.6 Å². The Morgan fingerprint density at radius 2 is 1.71 bits per heavy atom. The van der Waals surface area contributed by atoms with Crippen molar-refractivity contribution in [3.05, 3.63) is 111 Å². The van der Waals surface area contributed by atoms with Gasteiger partial charge in [-0.05, 0) is 45.8 Å². The molecule has 1 amide bonds. The Bertz CT molecular complexity index is 1330. The molecule has 0 unspecified atom stereocenters. The summed E-state index contributed by atoms with van der Waals surface area (Å²) in [5.41, 5.74) is 0.288. The molecule has 0 saturated carbocycles. The van der Waals surface area contributed by atoms with Crippen LogP contribution in [0.15, 0.2) is 71.3 Å². The van der Waals surface area contributed by atoms with Crippen molar-refractivity contribution < 1.29 is 27.1 Å². The van der Waals surface area contributed by atoms with Crippen LogP contribution >= 0.6 is 15.9 Å². The molecule has 34 heavy (non-hydrogen) atoms. The molecule has 0 saturated heterocycles. The van der Waals surface area contributed by atoms with E-state index < -0.39 is 41.3 Å². The second kappa shape index (κ2) is 10.1. The molecule has 5 nitrogen and oxygen atoms in total. The van der Waals surface area contributed by atoms with Gasteiger partial charge in [0.15, 0.2) is 29.1 Å². The summed E-state index contributed by atoms with van der Waals surface area (Å²) in [5, 5.41) is 6.57. The van der Waals surface area contributed by atoms with E-state index in [0.717, 1.165) is 14.7 Å². The van der Waals surface area contributed by atoms with Crippen molar-refractivity contribution in [3.63, 3.8) is 0 Å². The molecule has 1 N–H and O–H groups in total. The van der Waals surface area contributed by atoms with Crippen LogP contribution < -0.4 is 10.1 Å². The van der Waals surface area contributed by atoms with E-state index in [9.17, 15) is 22.4 Å². The standard InChI is InChI=1S/C24H16BrF4N3O2/c25-17-6-1-2-7-20(17)34-13-14-4-3-5-15(10-14)24(33)30-21-8-9-32(31-21)12-16-22(28)18(26)11-19(27)23(16)29/h1-11H,12-13H2,(H,30,31,33). The highest BCUT2D eigenvalue weighted by atomic mass is 79.9. The van der Waals surface area contributed by atoms with Gasteiger partial charge in [-0.15, -0.1) is 0 Å². The Hall–Kier alpha value is -3.66. The summed E-state index contributed by atoms with van der Waals surface area (Å²) < 4.78 is 62.2. The normalized spacial score (nSPS) is 10.9. The smallest absolute Gasteiger partial charge is 0.256 e. The van der Waals surface area contributed by atoms with E-state index >= 15 is 0 Å². The van der Waals surface area contributed by atoms with Gasteiger partial charge >= 0.3 is 0 Å². The van der Waals surface area contributed by atoms with Gasteiger partial charge in [-0.1, -0.05) is 24.3 Å². The monoisotopic (exact) mass is 533 g/mol. The predicted octanol–water partition coefficient (Wildman–Crippen LogP) is 6.08. The zero-order valence-corrected chi connectivity index (χ0v) is 19.0. The van der Waals surface area contributed by atoms with E-state index in [-0.39, 0.29) is 18.5 Å². The van der Waals surface area contributed by atoms with Crippen LogP contribution in [0, 0.1) is 23.3 Å². The van der Waals surface area contributed by atoms with Crippen LogP contribution in [0.3, 0.4) is 0 Å². The number of nitrogens with zero attached hydrogens (tertiary/aromatic N) is 2. The highest BCUT2D eigenvalue weighted by Gasteiger charge is 2.20. The van der Waals surface area contributed by atoms with Crippen molar-refractivity contribution in [2.75, 3.05) is 5.32 Å². The number of carbonyl (C=O) groups excluding carboxylic acids is 1. The number of amides is 1. The Morgan fingerprint density at radius 3 is 2.44 bits per heavy atom. The molecule has 10 heteroatoms. The molecule has 0 spiro atoms. The molecular formula is C24H16BrF4N3O2. The van der Waals surface area contributed by atoms with Gasteiger partial charge in [-0.3, -0.25) is 9.48 Å². The molecule has 1 aromatic heterocycles. The molecule has 174 valence electrons. The van der Waals surface area contributed by atoms with Crippen molar-refractivity contribution in [1.29, 1.82) is 0 Å². The average Bonchev–Trinajstić information content (AvgIpc) is 3.27. The quantitative estimate of drug-likeness (QED) is 0.231. The Morgan fingerprint density at radius 1 is 0.971 bits per heavy atom. The van der Waals surface area contributed by atoms with Crippen LogP contribution in [0.5, 0.6) is 5.75 Å². The molecular weight excluding hydrogens is 518 g/mol. The number of aromatic nitrogens is 2. The van der Waals surface area contributed by atoms with Gasteiger partial charge in [0.2, 0.25) is 0 Å². The van der Waals surface area contributed by atoms with E-state index in [2.05, 4.69) is 26.3 Å². The van der Waals surface area contributed by atoms with Crippen molar-refractivity contribution in [3.8, 4) is 5.75 Å². The molecule has 4 aromatic rings. The van der Waals surface area contributed by atoms with Crippen LogP contribution in [-0.4, -0.2) is 15.7 Å². The first-order valence-corrected chi connectivity index (χ1v) is 10.7. The van der Waals surface area contributed by atoms with Crippen LogP contribution in [0.1, 0.15) is 21.5 Å². The van der Waals surface area contributed by atoms with E-state index in [1.807, 2.05) is 30.3 Å². The van der Waals surface area contributed by atoms with Gasteiger partial charge in [0.25, 0.3) is 5.91 Å². The number of nitrogens with one attached hydrogen (secondary N) is 1.